The van der Waals surface area contributed by atoms with Gasteiger partial charge in [0.05, 0.1) is 12.6 Å². The molecule has 2 rings (SSSR count). The van der Waals surface area contributed by atoms with E-state index >= 15 is 0 Å². The van der Waals surface area contributed by atoms with Gasteiger partial charge in [0.15, 0.2) is 0 Å². The van der Waals surface area contributed by atoms with Crippen molar-refractivity contribution < 1.29 is 14.6 Å². The number of carbonyl (C=O) groups excluding carboxylic acids is 1. The van der Waals surface area contributed by atoms with E-state index in [1.54, 1.807) is 14.0 Å². The lowest BCUT2D eigenvalue weighted by Gasteiger charge is -2.23. The van der Waals surface area contributed by atoms with Crippen LogP contribution in [0.15, 0.2) is 47.2 Å². The smallest absolute Gasteiger partial charge is 0.315 e. The Morgan fingerprint density at radius 1 is 1.30 bits per heavy atom. The maximum absolute atomic E-state index is 11.9. The molecular formula is C17H22N2O3S. The van der Waals surface area contributed by atoms with Gasteiger partial charge in [-0.1, -0.05) is 30.3 Å². The van der Waals surface area contributed by atoms with E-state index in [4.69, 9.17) is 4.74 Å². The van der Waals surface area contributed by atoms with Crippen molar-refractivity contribution >= 4 is 17.4 Å². The first-order valence-electron chi connectivity index (χ1n) is 7.37. The summed E-state index contributed by atoms with van der Waals surface area (Å²) in [6.07, 6.45) is -0.209. The standard InChI is InChI=1S/C17H22N2O3S/c1-17(21,14-8-9-23-11-14)12-19-16(20)18-10-15(22-2)13-6-4-3-5-7-13/h3-9,11,15,21H,10,12H2,1-2H3,(H2,18,19,20)/t15-,17-/m1/s1. The average Bonchev–Trinajstić information content (AvgIpc) is 3.10. The third-order valence-electron chi connectivity index (χ3n) is 3.64. The zero-order valence-electron chi connectivity index (χ0n) is 13.3. The van der Waals surface area contributed by atoms with Crippen molar-refractivity contribution in [1.82, 2.24) is 10.6 Å². The highest BCUT2D eigenvalue weighted by molar-refractivity contribution is 7.08. The van der Waals surface area contributed by atoms with Gasteiger partial charge in [0.1, 0.15) is 5.60 Å². The SMILES string of the molecule is CO[C@H](CNC(=O)NC[C@@](C)(O)c1ccsc1)c1ccccc1. The van der Waals surface area contributed by atoms with E-state index in [0.29, 0.717) is 6.54 Å². The summed E-state index contributed by atoms with van der Waals surface area (Å²) in [6.45, 7) is 2.17. The van der Waals surface area contributed by atoms with Crippen LogP contribution in [0.2, 0.25) is 0 Å². The van der Waals surface area contributed by atoms with Crippen molar-refractivity contribution in [3.8, 4) is 0 Å². The Balaban J connectivity index is 1.81. The number of hydrogen-bond acceptors (Lipinski definition) is 4. The molecular weight excluding hydrogens is 312 g/mol. The minimum atomic E-state index is -1.09. The summed E-state index contributed by atoms with van der Waals surface area (Å²) in [7, 11) is 1.61. The lowest BCUT2D eigenvalue weighted by molar-refractivity contribution is 0.0593. The molecule has 0 fully saturated rings. The number of ether oxygens (including phenoxy) is 1. The van der Waals surface area contributed by atoms with Gasteiger partial charge in [0.25, 0.3) is 0 Å². The van der Waals surface area contributed by atoms with Gasteiger partial charge in [-0.05, 0) is 34.9 Å². The molecule has 3 N–H and O–H groups in total. The zero-order valence-corrected chi connectivity index (χ0v) is 14.1. The number of carbonyl (C=O) groups is 1. The van der Waals surface area contributed by atoms with E-state index in [2.05, 4.69) is 10.6 Å². The Morgan fingerprint density at radius 3 is 2.65 bits per heavy atom. The fourth-order valence-corrected chi connectivity index (χ4v) is 2.96. The normalized spacial score (nSPS) is 14.7. The summed E-state index contributed by atoms with van der Waals surface area (Å²) < 4.78 is 5.40. The van der Waals surface area contributed by atoms with Gasteiger partial charge in [0.2, 0.25) is 0 Å². The van der Waals surface area contributed by atoms with Gasteiger partial charge >= 0.3 is 6.03 Å². The molecule has 5 nitrogen and oxygen atoms in total. The lowest BCUT2D eigenvalue weighted by atomic mass is 9.99. The van der Waals surface area contributed by atoms with Crippen LogP contribution in [-0.2, 0) is 10.3 Å². The number of thiophene rings is 1. The predicted octanol–water partition coefficient (Wildman–Crippen LogP) is 2.64. The van der Waals surface area contributed by atoms with Crippen LogP contribution in [-0.4, -0.2) is 31.3 Å². The second-order valence-electron chi connectivity index (χ2n) is 5.48. The molecule has 1 aromatic heterocycles. The Labute approximate surface area is 140 Å². The minimum Gasteiger partial charge on any atom is -0.384 e. The molecule has 0 saturated heterocycles. The van der Waals surface area contributed by atoms with Crippen LogP contribution in [0.3, 0.4) is 0 Å². The minimum absolute atomic E-state index is 0.137. The van der Waals surface area contributed by atoms with Crippen molar-refractivity contribution in [3.05, 3.63) is 58.3 Å². The Bertz CT molecular complexity index is 600. The van der Waals surface area contributed by atoms with Crippen molar-refractivity contribution in [3.63, 3.8) is 0 Å². The van der Waals surface area contributed by atoms with Crippen LogP contribution in [0.1, 0.15) is 24.2 Å². The molecule has 0 aliphatic rings. The van der Waals surface area contributed by atoms with E-state index in [0.717, 1.165) is 11.1 Å². The maximum Gasteiger partial charge on any atom is 0.315 e. The highest BCUT2D eigenvalue weighted by Gasteiger charge is 2.24. The molecule has 0 radical (unpaired) electrons. The first-order chi connectivity index (χ1) is 11.0. The molecule has 0 bridgehead atoms. The molecule has 2 aromatic rings. The van der Waals surface area contributed by atoms with Crippen LogP contribution < -0.4 is 10.6 Å². The van der Waals surface area contributed by atoms with Crippen LogP contribution in [0, 0.1) is 0 Å². The first kappa shape index (κ1) is 17.5. The second kappa shape index (κ2) is 8.10. The number of nitrogens with one attached hydrogen (secondary N) is 2. The molecule has 1 heterocycles. The van der Waals surface area contributed by atoms with Crippen molar-refractivity contribution in [1.29, 1.82) is 0 Å². The van der Waals surface area contributed by atoms with Crippen molar-refractivity contribution in [2.45, 2.75) is 18.6 Å². The lowest BCUT2D eigenvalue weighted by Crippen LogP contribution is -2.44. The monoisotopic (exact) mass is 334 g/mol. The molecule has 1 aromatic carbocycles. The first-order valence-corrected chi connectivity index (χ1v) is 8.31. The summed E-state index contributed by atoms with van der Waals surface area (Å²) in [5.41, 5.74) is 0.708. The van der Waals surface area contributed by atoms with E-state index in [1.165, 1.54) is 11.3 Å². The molecule has 2 atom stereocenters. The Hall–Kier alpha value is -1.89. The summed E-state index contributed by atoms with van der Waals surface area (Å²) in [5, 5.41) is 19.6. The van der Waals surface area contributed by atoms with Crippen LogP contribution in [0.25, 0.3) is 0 Å². The average molecular weight is 334 g/mol. The van der Waals surface area contributed by atoms with Gasteiger partial charge in [-0.25, -0.2) is 4.79 Å². The van der Waals surface area contributed by atoms with E-state index in [-0.39, 0.29) is 18.7 Å². The van der Waals surface area contributed by atoms with Crippen LogP contribution in [0.4, 0.5) is 4.79 Å². The van der Waals surface area contributed by atoms with Crippen LogP contribution >= 0.6 is 11.3 Å². The van der Waals surface area contributed by atoms with Crippen LogP contribution in [0.5, 0.6) is 0 Å². The highest BCUT2D eigenvalue weighted by Crippen LogP contribution is 2.22. The van der Waals surface area contributed by atoms with Crippen molar-refractivity contribution in [2.24, 2.45) is 0 Å². The summed E-state index contributed by atoms with van der Waals surface area (Å²) in [6, 6.07) is 11.2. The van der Waals surface area contributed by atoms with Gasteiger partial charge in [-0.2, -0.15) is 11.3 Å². The second-order valence-corrected chi connectivity index (χ2v) is 6.26. The summed E-state index contributed by atoms with van der Waals surface area (Å²) in [5.74, 6) is 0. The Kier molecular flexibility index (Phi) is 6.15. The fourth-order valence-electron chi connectivity index (χ4n) is 2.18. The molecule has 2 amide bonds. The quantitative estimate of drug-likeness (QED) is 0.729. The molecule has 0 aliphatic carbocycles. The Morgan fingerprint density at radius 2 is 2.04 bits per heavy atom. The fraction of sp³-hybridized carbons (Fsp3) is 0.353. The number of rotatable bonds is 7. The molecule has 0 unspecified atom stereocenters. The van der Waals surface area contributed by atoms with E-state index < -0.39 is 5.60 Å². The molecule has 124 valence electrons. The van der Waals surface area contributed by atoms with Gasteiger partial charge in [0, 0.05) is 13.7 Å². The predicted molar refractivity (Wildman–Crippen MR) is 91.5 cm³/mol. The number of aliphatic hydroxyl groups is 1. The molecule has 6 heteroatoms. The van der Waals surface area contributed by atoms with Gasteiger partial charge in [-0.15, -0.1) is 0 Å². The van der Waals surface area contributed by atoms with Gasteiger partial charge in [-0.3, -0.25) is 0 Å². The van der Waals surface area contributed by atoms with Gasteiger partial charge < -0.3 is 20.5 Å². The number of methoxy groups -OCH3 is 1. The summed E-state index contributed by atoms with van der Waals surface area (Å²) >= 11 is 1.51. The third kappa shape index (κ3) is 5.06. The number of benzene rings is 1. The highest BCUT2D eigenvalue weighted by atomic mass is 32.1. The zero-order chi connectivity index (χ0) is 16.7. The largest absolute Gasteiger partial charge is 0.384 e. The molecule has 0 saturated carbocycles. The summed E-state index contributed by atoms with van der Waals surface area (Å²) in [4.78, 5) is 11.9. The number of urea groups is 1. The molecule has 23 heavy (non-hydrogen) atoms. The van der Waals surface area contributed by atoms with E-state index in [9.17, 15) is 9.90 Å². The van der Waals surface area contributed by atoms with E-state index in [1.807, 2.05) is 47.2 Å². The topological polar surface area (TPSA) is 70.6 Å². The van der Waals surface area contributed by atoms with Crippen molar-refractivity contribution in [2.75, 3.05) is 20.2 Å². The molecule has 0 aliphatic heterocycles. The third-order valence-corrected chi connectivity index (χ3v) is 4.32. The number of amides is 2. The number of hydrogen-bond donors (Lipinski definition) is 3. The maximum atomic E-state index is 11.9. The molecule has 0 spiro atoms.